The lowest BCUT2D eigenvalue weighted by Gasteiger charge is -2.33. The summed E-state index contributed by atoms with van der Waals surface area (Å²) in [7, 11) is 0. The summed E-state index contributed by atoms with van der Waals surface area (Å²) in [5.74, 6) is -5.40. The SMILES string of the molecule is O=C(O[C@@H]1Cc2cccc(O)c2C[C@H]1c1cc(O)c(O)c(O)c1)c1cc(O)c(O)c(O)c1. The first kappa shape index (κ1) is 21.0. The molecule has 3 aromatic carbocycles. The van der Waals surface area contributed by atoms with Gasteiger partial charge in [0.2, 0.25) is 0 Å². The number of carbonyl (C=O) groups excluding carboxylic acids is 1. The van der Waals surface area contributed by atoms with Gasteiger partial charge in [-0.25, -0.2) is 4.79 Å². The van der Waals surface area contributed by atoms with E-state index in [4.69, 9.17) is 4.74 Å². The molecule has 0 heterocycles. The van der Waals surface area contributed by atoms with E-state index >= 15 is 0 Å². The van der Waals surface area contributed by atoms with Gasteiger partial charge in [-0.1, -0.05) is 12.1 Å². The first-order valence-corrected chi connectivity index (χ1v) is 9.66. The molecule has 32 heavy (non-hydrogen) atoms. The van der Waals surface area contributed by atoms with Gasteiger partial charge < -0.3 is 40.5 Å². The lowest BCUT2D eigenvalue weighted by Crippen LogP contribution is -2.33. The number of fused-ring (bicyclic) bond motifs is 1. The minimum absolute atomic E-state index is 0.0536. The Bertz CT molecular complexity index is 1170. The van der Waals surface area contributed by atoms with Crippen molar-refractivity contribution in [3.05, 3.63) is 64.7 Å². The summed E-state index contributed by atoms with van der Waals surface area (Å²) in [5, 5.41) is 68.7. The van der Waals surface area contributed by atoms with Crippen molar-refractivity contribution in [2.45, 2.75) is 24.9 Å². The Morgan fingerprint density at radius 1 is 0.750 bits per heavy atom. The van der Waals surface area contributed by atoms with E-state index in [-0.39, 0.29) is 24.2 Å². The summed E-state index contributed by atoms with van der Waals surface area (Å²) in [6.07, 6.45) is -0.424. The fraction of sp³-hybridized carbons (Fsp3) is 0.174. The summed E-state index contributed by atoms with van der Waals surface area (Å²) in [4.78, 5) is 12.8. The monoisotopic (exact) mass is 440 g/mol. The van der Waals surface area contributed by atoms with Crippen LogP contribution in [-0.2, 0) is 17.6 Å². The summed E-state index contributed by atoms with van der Waals surface area (Å²) < 4.78 is 5.65. The van der Waals surface area contributed by atoms with E-state index in [9.17, 15) is 40.5 Å². The Labute approximate surface area is 181 Å². The molecule has 0 aromatic heterocycles. The van der Waals surface area contributed by atoms with E-state index in [2.05, 4.69) is 0 Å². The number of benzene rings is 3. The zero-order valence-electron chi connectivity index (χ0n) is 16.6. The normalized spacial score (nSPS) is 17.5. The predicted octanol–water partition coefficient (Wildman–Crippen LogP) is 2.73. The molecule has 4 rings (SSSR count). The van der Waals surface area contributed by atoms with E-state index in [0.717, 1.165) is 17.7 Å². The quantitative estimate of drug-likeness (QED) is 0.239. The Hall–Kier alpha value is -4.27. The van der Waals surface area contributed by atoms with Gasteiger partial charge in [-0.2, -0.15) is 0 Å². The van der Waals surface area contributed by atoms with E-state index in [1.165, 1.54) is 18.2 Å². The summed E-state index contributed by atoms with van der Waals surface area (Å²) in [6, 6.07) is 9.33. The Morgan fingerprint density at radius 2 is 1.31 bits per heavy atom. The second-order valence-electron chi connectivity index (χ2n) is 7.64. The van der Waals surface area contributed by atoms with Crippen LogP contribution >= 0.6 is 0 Å². The molecule has 1 aliphatic carbocycles. The first-order valence-electron chi connectivity index (χ1n) is 9.66. The molecule has 9 nitrogen and oxygen atoms in total. The van der Waals surface area contributed by atoms with Crippen molar-refractivity contribution in [1.82, 2.24) is 0 Å². The number of phenols is 7. The van der Waals surface area contributed by atoms with Crippen molar-refractivity contribution in [2.24, 2.45) is 0 Å². The van der Waals surface area contributed by atoms with Gasteiger partial charge >= 0.3 is 5.97 Å². The van der Waals surface area contributed by atoms with Crippen molar-refractivity contribution >= 4 is 5.97 Å². The van der Waals surface area contributed by atoms with Crippen molar-refractivity contribution < 1.29 is 45.3 Å². The number of ether oxygens (including phenoxy) is 1. The van der Waals surface area contributed by atoms with Crippen LogP contribution in [0.15, 0.2) is 42.5 Å². The molecule has 0 bridgehead atoms. The van der Waals surface area contributed by atoms with Crippen LogP contribution in [0, 0.1) is 0 Å². The molecular weight excluding hydrogens is 420 g/mol. The maximum Gasteiger partial charge on any atom is 0.338 e. The molecule has 0 amide bonds. The second-order valence-corrected chi connectivity index (χ2v) is 7.64. The largest absolute Gasteiger partial charge is 0.508 e. The van der Waals surface area contributed by atoms with Crippen LogP contribution in [0.2, 0.25) is 0 Å². The zero-order chi connectivity index (χ0) is 23.2. The molecule has 0 fully saturated rings. The van der Waals surface area contributed by atoms with Gasteiger partial charge in [0.1, 0.15) is 11.9 Å². The van der Waals surface area contributed by atoms with Gasteiger partial charge in [0.05, 0.1) is 5.56 Å². The maximum atomic E-state index is 12.8. The van der Waals surface area contributed by atoms with E-state index in [1.807, 2.05) is 0 Å². The minimum Gasteiger partial charge on any atom is -0.508 e. The van der Waals surface area contributed by atoms with Gasteiger partial charge in [-0.05, 0) is 53.4 Å². The van der Waals surface area contributed by atoms with Gasteiger partial charge in [-0.15, -0.1) is 0 Å². The van der Waals surface area contributed by atoms with Crippen LogP contribution in [-0.4, -0.2) is 47.8 Å². The lowest BCUT2D eigenvalue weighted by molar-refractivity contribution is 0.0214. The highest BCUT2D eigenvalue weighted by Gasteiger charge is 2.35. The highest BCUT2D eigenvalue weighted by molar-refractivity contribution is 5.91. The van der Waals surface area contributed by atoms with E-state index in [0.29, 0.717) is 11.1 Å². The molecule has 0 saturated carbocycles. The Morgan fingerprint density at radius 3 is 1.91 bits per heavy atom. The number of esters is 1. The smallest absolute Gasteiger partial charge is 0.338 e. The van der Waals surface area contributed by atoms with Crippen molar-refractivity contribution in [2.75, 3.05) is 0 Å². The highest BCUT2D eigenvalue weighted by atomic mass is 16.5. The molecule has 0 radical (unpaired) electrons. The van der Waals surface area contributed by atoms with Gasteiger partial charge in [-0.3, -0.25) is 0 Å². The third-order valence-electron chi connectivity index (χ3n) is 5.63. The topological polar surface area (TPSA) is 168 Å². The molecule has 9 heteroatoms. The molecule has 0 spiro atoms. The third-order valence-corrected chi connectivity index (χ3v) is 5.63. The number of aromatic hydroxyl groups is 7. The highest BCUT2D eigenvalue weighted by Crippen LogP contribution is 2.44. The van der Waals surface area contributed by atoms with Crippen LogP contribution < -0.4 is 0 Å². The molecule has 166 valence electrons. The van der Waals surface area contributed by atoms with Gasteiger partial charge in [0.15, 0.2) is 34.5 Å². The zero-order valence-corrected chi connectivity index (χ0v) is 16.6. The standard InChI is InChI=1S/C23H20O9/c24-15-3-1-2-10-8-20(32-23(31)12-6-18(27)22(30)19(28)7-12)14(9-13(10)15)11-4-16(25)21(29)17(26)5-11/h1-7,14,20,24-30H,8-9H2/t14-,20+/m0/s1. The molecule has 0 unspecified atom stereocenters. The maximum absolute atomic E-state index is 12.8. The fourth-order valence-corrected chi connectivity index (χ4v) is 3.98. The van der Waals surface area contributed by atoms with Crippen LogP contribution in [0.25, 0.3) is 0 Å². The van der Waals surface area contributed by atoms with Crippen LogP contribution in [0.4, 0.5) is 0 Å². The summed E-state index contributed by atoms with van der Waals surface area (Å²) in [6.45, 7) is 0. The number of rotatable bonds is 3. The van der Waals surface area contributed by atoms with E-state index in [1.54, 1.807) is 12.1 Å². The van der Waals surface area contributed by atoms with Crippen molar-refractivity contribution in [1.29, 1.82) is 0 Å². The summed E-state index contributed by atoms with van der Waals surface area (Å²) in [5.41, 5.74) is 1.52. The molecule has 2 atom stereocenters. The Balaban J connectivity index is 1.73. The molecule has 3 aromatic rings. The van der Waals surface area contributed by atoms with Gasteiger partial charge in [0, 0.05) is 12.3 Å². The van der Waals surface area contributed by atoms with Crippen LogP contribution in [0.3, 0.4) is 0 Å². The first-order chi connectivity index (χ1) is 15.2. The third kappa shape index (κ3) is 3.64. The average molecular weight is 440 g/mol. The Kier molecular flexibility index (Phi) is 5.09. The minimum atomic E-state index is -0.888. The lowest BCUT2D eigenvalue weighted by atomic mass is 9.77. The molecule has 7 N–H and O–H groups in total. The van der Waals surface area contributed by atoms with Crippen LogP contribution in [0.5, 0.6) is 40.2 Å². The average Bonchev–Trinajstić information content (AvgIpc) is 2.75. The second kappa shape index (κ2) is 7.77. The number of carbonyl (C=O) groups is 1. The van der Waals surface area contributed by atoms with Crippen molar-refractivity contribution in [3.63, 3.8) is 0 Å². The molecule has 0 saturated heterocycles. The van der Waals surface area contributed by atoms with E-state index < -0.39 is 52.5 Å². The summed E-state index contributed by atoms with van der Waals surface area (Å²) >= 11 is 0. The number of hydrogen-bond donors (Lipinski definition) is 7. The fourth-order valence-electron chi connectivity index (χ4n) is 3.98. The molecule has 0 aliphatic heterocycles. The number of hydrogen-bond acceptors (Lipinski definition) is 9. The molecular formula is C23H20O9. The predicted molar refractivity (Wildman–Crippen MR) is 110 cm³/mol. The van der Waals surface area contributed by atoms with Crippen LogP contribution in [0.1, 0.15) is 33.0 Å². The molecule has 1 aliphatic rings. The number of phenolic OH excluding ortho intramolecular Hbond substituents is 7. The van der Waals surface area contributed by atoms with Gasteiger partial charge in [0.25, 0.3) is 0 Å². The van der Waals surface area contributed by atoms with Crippen molar-refractivity contribution in [3.8, 4) is 40.2 Å².